The van der Waals surface area contributed by atoms with Gasteiger partial charge >= 0.3 is 0 Å². The second-order valence-electron chi connectivity index (χ2n) is 10.8. The molecule has 2 aromatic heterocycles. The summed E-state index contributed by atoms with van der Waals surface area (Å²) in [6.45, 7) is 11.1. The van der Waals surface area contributed by atoms with E-state index in [0.717, 1.165) is 17.0 Å². The maximum atomic E-state index is 13.0. The Balaban J connectivity index is -0.0000000736. The summed E-state index contributed by atoms with van der Waals surface area (Å²) in [6, 6.07) is 1.98. The highest BCUT2D eigenvalue weighted by Crippen LogP contribution is 2.24. The lowest BCUT2D eigenvalue weighted by molar-refractivity contribution is -0.546. The van der Waals surface area contributed by atoms with E-state index in [4.69, 9.17) is 17.3 Å². The van der Waals surface area contributed by atoms with Crippen LogP contribution in [0.25, 0.3) is 5.65 Å². The van der Waals surface area contributed by atoms with Crippen molar-refractivity contribution in [2.45, 2.75) is 59.3 Å². The average molecular weight is 717 g/mol. The van der Waals surface area contributed by atoms with Gasteiger partial charge in [0.2, 0.25) is 5.91 Å². The van der Waals surface area contributed by atoms with Crippen molar-refractivity contribution < 1.29 is 30.3 Å². The first kappa shape index (κ1) is 42.2. The Bertz CT molecular complexity index is 2270. The van der Waals surface area contributed by atoms with Gasteiger partial charge in [0.15, 0.2) is 10.9 Å². The smallest absolute Gasteiger partial charge is 0.257 e. The zero-order chi connectivity index (χ0) is 38.8. The van der Waals surface area contributed by atoms with Crippen LogP contribution in [0.15, 0.2) is 22.7 Å². The van der Waals surface area contributed by atoms with E-state index in [9.17, 15) is 19.7 Å². The van der Waals surface area contributed by atoms with Crippen LogP contribution in [0, 0.1) is 123 Å². The Morgan fingerprint density at radius 2 is 1.50 bits per heavy atom. The summed E-state index contributed by atoms with van der Waals surface area (Å²) in [6.07, 6.45) is 8.47. The Labute approximate surface area is 319 Å². The van der Waals surface area contributed by atoms with Gasteiger partial charge in [-0.15, -0.1) is 6.42 Å². The molecule has 0 aliphatic carbocycles. The number of rotatable bonds is 5. The fourth-order valence-corrected chi connectivity index (χ4v) is 3.97. The molecule has 2 aromatic rings. The molecule has 0 saturated carbocycles. The molecule has 1 saturated heterocycles. The number of carbonyl (C=O) groups is 2. The number of aryl methyl sites for hydroxylation is 1. The third-order valence-electron chi connectivity index (χ3n) is 6.36. The molecule has 0 spiro atoms. The van der Waals surface area contributed by atoms with E-state index >= 15 is 0 Å². The Kier molecular flexibility index (Phi) is 19.1. The van der Waals surface area contributed by atoms with E-state index in [1.807, 2.05) is 13.0 Å². The second-order valence-corrected chi connectivity index (χ2v) is 10.8. The maximum absolute atomic E-state index is 13.0. The molecule has 3 rings (SSSR count). The Hall–Kier alpha value is -7.80. The number of hydrazine groups is 1. The predicted molar refractivity (Wildman–Crippen MR) is 218 cm³/mol. The lowest BCUT2D eigenvalue weighted by atomic mass is 9.93. The summed E-state index contributed by atoms with van der Waals surface area (Å²) in [5, 5.41) is 18.2. The number of nitrogens with zero attached hydrogens (tertiary/aromatic N) is 7. The monoisotopic (exact) mass is 716 g/mol. The zero-order valence-corrected chi connectivity index (χ0v) is 29.3. The van der Waals surface area contributed by atoms with Crippen molar-refractivity contribution in [1.82, 2.24) is 25.0 Å². The largest absolute Gasteiger partial charge is 0.369 e. The molecule has 14 heteroatoms. The molecule has 2 amide bonds. The number of amides is 2. The molecule has 0 bridgehead atoms. The number of nitro groups is 1. The number of likely N-dealkylation sites (tertiary alicyclic amines) is 1. The molecule has 52 heavy (non-hydrogen) atoms. The summed E-state index contributed by atoms with van der Waals surface area (Å²) in [5.41, 5.74) is 9.81. The number of carbonyl (C=O) groups excluding carboxylic acids is 2. The first-order valence-corrected chi connectivity index (χ1v) is 15.2. The minimum absolute atomic E-state index is 0. The van der Waals surface area contributed by atoms with E-state index in [1.165, 1.54) is 5.53 Å². The lowest BCUT2D eigenvalue weighted by Gasteiger charge is -2.31. The second kappa shape index (κ2) is 23.5. The standard InChI is InChI=1S/C19H27N5O2.C19H4.H3N5O2.11H2/c1-5-14-13(18(26)23-8-6-12(7-9-23)17(20)25)11-21-16-10-15(19(2,3)4)22-24(14)16;1-3-5-7-9-11-13-15-17-19-18-16-14-12-10-8-6-4-2;1-2-3-4-5(6)7;;;;;;;;;;;/h10-12H,5-9H2,1-4H3,(H2,20,25);1H,2H3;(H2,1,3)(H,2,4);11*1H. The SMILES string of the molecule is C#CC#CC#CC#CC#CC#CC#CC#CC#CC.CCc1c(C(=O)N2CCC(C(N)=O)CC2)cnc2cc(C(C)(C)C)nn12.NN=NN[N+](=O)[O-].[HH].[HH].[HH].[HH].[HH].[HH].[HH].[HH].[HH].[HH].[HH]. The van der Waals surface area contributed by atoms with Gasteiger partial charge in [0.05, 0.1) is 27.2 Å². The molecular formula is C38H56N10O4. The molecule has 5 N–H and O–H groups in total. The van der Waals surface area contributed by atoms with Crippen LogP contribution in [0.1, 0.15) is 84.9 Å². The topological polar surface area (TPSA) is 199 Å². The Morgan fingerprint density at radius 1 is 1.00 bits per heavy atom. The van der Waals surface area contributed by atoms with Gasteiger partial charge in [-0.2, -0.15) is 5.10 Å². The normalized spacial score (nSPS) is 10.7. The van der Waals surface area contributed by atoms with Crippen LogP contribution < -0.4 is 17.1 Å². The van der Waals surface area contributed by atoms with Crippen LogP contribution in [0.3, 0.4) is 0 Å². The summed E-state index contributed by atoms with van der Waals surface area (Å²) in [7, 11) is 0. The number of nitrogens with two attached hydrogens (primary N) is 2. The number of fused-ring (bicyclic) bond motifs is 1. The molecule has 282 valence electrons. The van der Waals surface area contributed by atoms with E-state index in [0.29, 0.717) is 37.9 Å². The van der Waals surface area contributed by atoms with Gasteiger partial charge in [-0.1, -0.05) is 33.6 Å². The highest BCUT2D eigenvalue weighted by atomic mass is 16.7. The number of hydrogen-bond donors (Lipinski definition) is 3. The number of primary amides is 1. The number of aromatic nitrogens is 3. The molecule has 0 unspecified atom stereocenters. The van der Waals surface area contributed by atoms with Crippen LogP contribution in [-0.4, -0.2) is 49.4 Å². The minimum Gasteiger partial charge on any atom is -0.369 e. The highest BCUT2D eigenvalue weighted by molar-refractivity contribution is 5.95. The number of nitrogens with one attached hydrogen (secondary N) is 1. The van der Waals surface area contributed by atoms with Gasteiger partial charge < -0.3 is 20.7 Å². The fourth-order valence-electron chi connectivity index (χ4n) is 3.97. The summed E-state index contributed by atoms with van der Waals surface area (Å²) in [4.78, 5) is 39.9. The third-order valence-corrected chi connectivity index (χ3v) is 6.36. The van der Waals surface area contributed by atoms with E-state index in [1.54, 1.807) is 22.5 Å². The fraction of sp³-hybridized carbons (Fsp3) is 0.316. The van der Waals surface area contributed by atoms with Gasteiger partial charge in [-0.05, 0) is 121 Å². The van der Waals surface area contributed by atoms with Crippen molar-refractivity contribution in [1.29, 1.82) is 0 Å². The van der Waals surface area contributed by atoms with Crippen molar-refractivity contribution in [3.05, 3.63) is 39.3 Å². The average Bonchev–Trinajstić information content (AvgIpc) is 3.58. The van der Waals surface area contributed by atoms with Gasteiger partial charge in [-0.25, -0.2) is 9.50 Å². The molecule has 0 radical (unpaired) electrons. The van der Waals surface area contributed by atoms with E-state index < -0.39 is 5.03 Å². The molecule has 1 aliphatic rings. The van der Waals surface area contributed by atoms with Crippen LogP contribution in [0.4, 0.5) is 0 Å². The quantitative estimate of drug-likeness (QED) is 0.134. The lowest BCUT2D eigenvalue weighted by Crippen LogP contribution is -2.42. The maximum Gasteiger partial charge on any atom is 0.257 e. The highest BCUT2D eigenvalue weighted by Gasteiger charge is 2.29. The Morgan fingerprint density at radius 3 is 1.88 bits per heavy atom. The first-order valence-electron chi connectivity index (χ1n) is 15.2. The molecular weight excluding hydrogens is 660 g/mol. The van der Waals surface area contributed by atoms with Gasteiger partial charge in [0.25, 0.3) is 5.91 Å². The number of terminal acetylenes is 1. The number of hydrogen-bond acceptors (Lipinski definition) is 8. The van der Waals surface area contributed by atoms with Crippen molar-refractivity contribution >= 4 is 17.5 Å². The van der Waals surface area contributed by atoms with Gasteiger partial charge in [0, 0.05) is 57.9 Å². The predicted octanol–water partition coefficient (Wildman–Crippen LogP) is 4.31. The molecule has 1 fully saturated rings. The molecule has 1 aliphatic heterocycles. The van der Waals surface area contributed by atoms with Crippen molar-refractivity contribution in [3.63, 3.8) is 0 Å². The molecule has 14 nitrogen and oxygen atoms in total. The molecule has 0 aromatic carbocycles. The van der Waals surface area contributed by atoms with Crippen LogP contribution >= 0.6 is 0 Å². The van der Waals surface area contributed by atoms with E-state index in [2.05, 4.69) is 143 Å². The zero-order valence-electron chi connectivity index (χ0n) is 29.3. The van der Waals surface area contributed by atoms with Crippen LogP contribution in [0.2, 0.25) is 0 Å². The first-order chi connectivity index (χ1) is 24.9. The van der Waals surface area contributed by atoms with Crippen LogP contribution in [-0.2, 0) is 16.6 Å². The molecule has 3 heterocycles. The third kappa shape index (κ3) is 15.9. The van der Waals surface area contributed by atoms with Crippen molar-refractivity contribution in [2.24, 2.45) is 27.9 Å². The minimum atomic E-state index is -0.879. The van der Waals surface area contributed by atoms with E-state index in [-0.39, 0.29) is 38.8 Å². The van der Waals surface area contributed by atoms with Crippen molar-refractivity contribution in [2.75, 3.05) is 13.1 Å². The number of piperidine rings is 1. The summed E-state index contributed by atoms with van der Waals surface area (Å²) >= 11 is 0. The van der Waals surface area contributed by atoms with Crippen molar-refractivity contribution in [3.8, 4) is 107 Å². The summed E-state index contributed by atoms with van der Waals surface area (Å²) in [5.74, 6) is 45.8. The van der Waals surface area contributed by atoms with Gasteiger partial charge in [0.1, 0.15) is 0 Å². The van der Waals surface area contributed by atoms with Crippen LogP contribution in [0.5, 0.6) is 0 Å². The summed E-state index contributed by atoms with van der Waals surface area (Å²) < 4.78 is 1.80. The van der Waals surface area contributed by atoms with Gasteiger partial charge in [-0.3, -0.25) is 15.4 Å². The molecule has 0 atom stereocenters.